The second kappa shape index (κ2) is 12.5. The maximum absolute atomic E-state index is 5.65. The van der Waals surface area contributed by atoms with Crippen molar-refractivity contribution in [3.05, 3.63) is 29.8 Å². The zero-order chi connectivity index (χ0) is 15.5. The molecular weight excluding hydrogens is 393 g/mol. The molecule has 0 aliphatic carbocycles. The van der Waals surface area contributed by atoms with E-state index in [4.69, 9.17) is 9.47 Å². The van der Waals surface area contributed by atoms with Crippen LogP contribution in [0.4, 0.5) is 0 Å². The largest absolute Gasteiger partial charge is 0.497 e. The van der Waals surface area contributed by atoms with Crippen molar-refractivity contribution in [2.24, 2.45) is 4.99 Å². The molecule has 0 fully saturated rings. The third-order valence-corrected chi connectivity index (χ3v) is 2.83. The van der Waals surface area contributed by atoms with E-state index in [0.717, 1.165) is 36.8 Å². The number of aliphatic imine (C=N–C) groups is 1. The Morgan fingerprint density at radius 3 is 2.45 bits per heavy atom. The number of nitrogens with one attached hydrogen (secondary N) is 2. The number of guanidine groups is 1. The van der Waals surface area contributed by atoms with Crippen molar-refractivity contribution in [1.29, 1.82) is 0 Å². The molecule has 0 saturated heterocycles. The Balaban J connectivity index is 0.00000441. The van der Waals surface area contributed by atoms with E-state index in [0.29, 0.717) is 12.6 Å². The molecule has 5 nitrogen and oxygen atoms in total. The second-order valence-electron chi connectivity index (χ2n) is 5.05. The lowest BCUT2D eigenvalue weighted by Crippen LogP contribution is -2.41. The summed E-state index contributed by atoms with van der Waals surface area (Å²) in [5.74, 6) is 1.70. The minimum absolute atomic E-state index is 0. The first-order valence-electron chi connectivity index (χ1n) is 7.33. The van der Waals surface area contributed by atoms with Crippen LogP contribution >= 0.6 is 24.0 Å². The zero-order valence-corrected chi connectivity index (χ0v) is 16.2. The van der Waals surface area contributed by atoms with Crippen LogP contribution in [0.15, 0.2) is 29.3 Å². The van der Waals surface area contributed by atoms with E-state index in [1.807, 2.05) is 24.3 Å². The summed E-state index contributed by atoms with van der Waals surface area (Å²) in [4.78, 5) is 4.15. The van der Waals surface area contributed by atoms with Crippen LogP contribution in [0.3, 0.4) is 0 Å². The van der Waals surface area contributed by atoms with Gasteiger partial charge in [0.1, 0.15) is 5.75 Å². The predicted molar refractivity (Wildman–Crippen MR) is 102 cm³/mol. The average Bonchev–Trinajstić information content (AvgIpc) is 2.49. The summed E-state index contributed by atoms with van der Waals surface area (Å²) in [5, 5.41) is 6.50. The zero-order valence-electron chi connectivity index (χ0n) is 13.9. The smallest absolute Gasteiger partial charge is 0.191 e. The summed E-state index contributed by atoms with van der Waals surface area (Å²) >= 11 is 0. The van der Waals surface area contributed by atoms with Crippen molar-refractivity contribution in [3.63, 3.8) is 0 Å². The van der Waals surface area contributed by atoms with Gasteiger partial charge in [-0.05, 0) is 38.0 Å². The number of rotatable bonds is 8. The lowest BCUT2D eigenvalue weighted by atomic mass is 10.2. The van der Waals surface area contributed by atoms with Gasteiger partial charge in [0.05, 0.1) is 13.7 Å². The molecule has 1 aromatic carbocycles. The Labute approximate surface area is 150 Å². The fourth-order valence-corrected chi connectivity index (χ4v) is 1.76. The number of methoxy groups -OCH3 is 1. The number of hydrogen-bond donors (Lipinski definition) is 2. The van der Waals surface area contributed by atoms with E-state index < -0.39 is 0 Å². The summed E-state index contributed by atoms with van der Waals surface area (Å²) in [6, 6.07) is 8.31. The fourth-order valence-electron chi connectivity index (χ4n) is 1.76. The van der Waals surface area contributed by atoms with Gasteiger partial charge in [0.15, 0.2) is 5.96 Å². The molecule has 0 aromatic heterocycles. The van der Waals surface area contributed by atoms with Crippen molar-refractivity contribution in [1.82, 2.24) is 10.6 Å². The van der Waals surface area contributed by atoms with Crippen LogP contribution in [-0.2, 0) is 11.3 Å². The quantitative estimate of drug-likeness (QED) is 0.294. The molecule has 6 heteroatoms. The molecular formula is C16H28IN3O2. The van der Waals surface area contributed by atoms with Crippen molar-refractivity contribution in [2.75, 3.05) is 27.3 Å². The van der Waals surface area contributed by atoms with Gasteiger partial charge in [0.2, 0.25) is 0 Å². The van der Waals surface area contributed by atoms with Gasteiger partial charge in [-0.25, -0.2) is 0 Å². The first-order chi connectivity index (χ1) is 10.2. The molecule has 126 valence electrons. The highest BCUT2D eigenvalue weighted by Gasteiger charge is 1.99. The maximum Gasteiger partial charge on any atom is 0.191 e. The average molecular weight is 421 g/mol. The van der Waals surface area contributed by atoms with Crippen LogP contribution < -0.4 is 15.4 Å². The first-order valence-corrected chi connectivity index (χ1v) is 7.33. The summed E-state index contributed by atoms with van der Waals surface area (Å²) in [7, 11) is 3.44. The molecule has 2 N–H and O–H groups in total. The van der Waals surface area contributed by atoms with Gasteiger partial charge in [-0.15, -0.1) is 24.0 Å². The molecule has 0 spiro atoms. The van der Waals surface area contributed by atoms with E-state index >= 15 is 0 Å². The van der Waals surface area contributed by atoms with Gasteiger partial charge in [0.25, 0.3) is 0 Å². The minimum atomic E-state index is 0. The van der Waals surface area contributed by atoms with Crippen LogP contribution in [-0.4, -0.2) is 39.3 Å². The molecule has 0 amide bonds. The topological polar surface area (TPSA) is 54.9 Å². The fraction of sp³-hybridized carbons (Fsp3) is 0.562. The molecule has 0 atom stereocenters. The van der Waals surface area contributed by atoms with E-state index in [9.17, 15) is 0 Å². The van der Waals surface area contributed by atoms with E-state index in [-0.39, 0.29) is 24.0 Å². The number of ether oxygens (including phenoxy) is 2. The Bertz CT molecular complexity index is 422. The van der Waals surface area contributed by atoms with Crippen molar-refractivity contribution in [2.45, 2.75) is 32.9 Å². The molecule has 0 saturated carbocycles. The minimum Gasteiger partial charge on any atom is -0.497 e. The highest BCUT2D eigenvalue weighted by molar-refractivity contribution is 14.0. The van der Waals surface area contributed by atoms with E-state index in [1.165, 1.54) is 0 Å². The maximum atomic E-state index is 5.65. The number of nitrogens with zero attached hydrogens (tertiary/aromatic N) is 1. The molecule has 0 radical (unpaired) electrons. The molecule has 0 bridgehead atoms. The Kier molecular flexibility index (Phi) is 11.9. The molecule has 1 rings (SSSR count). The first kappa shape index (κ1) is 21.0. The van der Waals surface area contributed by atoms with Crippen LogP contribution in [0.25, 0.3) is 0 Å². The third-order valence-electron chi connectivity index (χ3n) is 2.83. The molecule has 22 heavy (non-hydrogen) atoms. The van der Waals surface area contributed by atoms with Crippen LogP contribution in [0.1, 0.15) is 25.8 Å². The predicted octanol–water partition coefficient (Wildman–Crippen LogP) is 2.79. The molecule has 0 aliphatic heterocycles. The van der Waals surface area contributed by atoms with Crippen LogP contribution in [0.2, 0.25) is 0 Å². The van der Waals surface area contributed by atoms with E-state index in [1.54, 1.807) is 14.2 Å². The summed E-state index contributed by atoms with van der Waals surface area (Å²) in [5.41, 5.74) is 1.15. The normalized spacial score (nSPS) is 11.0. The van der Waals surface area contributed by atoms with Crippen LogP contribution in [0, 0.1) is 0 Å². The van der Waals surface area contributed by atoms with Crippen LogP contribution in [0.5, 0.6) is 5.75 Å². The number of hydrogen-bond acceptors (Lipinski definition) is 3. The lowest BCUT2D eigenvalue weighted by Gasteiger charge is -2.14. The van der Waals surface area contributed by atoms with Gasteiger partial charge in [-0.1, -0.05) is 12.1 Å². The highest BCUT2D eigenvalue weighted by Crippen LogP contribution is 2.11. The van der Waals surface area contributed by atoms with Gasteiger partial charge in [0, 0.05) is 26.2 Å². The standard InChI is InChI=1S/C16H27N3O2.HI/c1-13(2)19-16(17-3)18-10-5-11-21-12-14-6-8-15(20-4)9-7-14;/h6-9,13H,5,10-12H2,1-4H3,(H2,17,18,19);1H. The molecule has 1 aromatic rings. The summed E-state index contributed by atoms with van der Waals surface area (Å²) in [6.07, 6.45) is 0.939. The van der Waals surface area contributed by atoms with Crippen molar-refractivity contribution in [3.8, 4) is 5.75 Å². The summed E-state index contributed by atoms with van der Waals surface area (Å²) < 4.78 is 10.8. The monoisotopic (exact) mass is 421 g/mol. The molecule has 0 heterocycles. The highest BCUT2D eigenvalue weighted by atomic mass is 127. The summed E-state index contributed by atoms with van der Waals surface area (Å²) in [6.45, 7) is 6.37. The van der Waals surface area contributed by atoms with Crippen molar-refractivity contribution >= 4 is 29.9 Å². The number of benzene rings is 1. The molecule has 0 unspecified atom stereocenters. The Hall–Kier alpha value is -1.02. The van der Waals surface area contributed by atoms with E-state index in [2.05, 4.69) is 29.5 Å². The third kappa shape index (κ3) is 9.09. The Morgan fingerprint density at radius 2 is 1.91 bits per heavy atom. The van der Waals surface area contributed by atoms with Gasteiger partial charge in [-0.2, -0.15) is 0 Å². The van der Waals surface area contributed by atoms with Gasteiger partial charge >= 0.3 is 0 Å². The van der Waals surface area contributed by atoms with Crippen molar-refractivity contribution < 1.29 is 9.47 Å². The lowest BCUT2D eigenvalue weighted by molar-refractivity contribution is 0.119. The number of halogens is 1. The molecule has 0 aliphatic rings. The second-order valence-corrected chi connectivity index (χ2v) is 5.05. The van der Waals surface area contributed by atoms with Gasteiger partial charge < -0.3 is 20.1 Å². The van der Waals surface area contributed by atoms with Gasteiger partial charge in [-0.3, -0.25) is 4.99 Å². The SMILES string of the molecule is CN=C(NCCCOCc1ccc(OC)cc1)NC(C)C.I. The Morgan fingerprint density at radius 1 is 1.23 bits per heavy atom.